The first-order chi connectivity index (χ1) is 8.20. The van der Waals surface area contributed by atoms with E-state index in [9.17, 15) is 0 Å². The van der Waals surface area contributed by atoms with Gasteiger partial charge in [-0.05, 0) is 31.0 Å². The van der Waals surface area contributed by atoms with Crippen LogP contribution in [0.1, 0.15) is 16.8 Å². The first-order valence-electron chi connectivity index (χ1n) is 5.46. The van der Waals surface area contributed by atoms with Crippen molar-refractivity contribution in [3.63, 3.8) is 0 Å². The second kappa shape index (κ2) is 4.93. The molecule has 1 aromatic carbocycles. The molecule has 0 bridgehead atoms. The maximum absolute atomic E-state index is 5.68. The predicted molar refractivity (Wildman–Crippen MR) is 65.9 cm³/mol. The van der Waals surface area contributed by atoms with Crippen molar-refractivity contribution in [1.82, 2.24) is 9.97 Å². The van der Waals surface area contributed by atoms with E-state index in [1.54, 1.807) is 12.4 Å². The number of ether oxygens (including phenoxy) is 1. The van der Waals surface area contributed by atoms with E-state index in [1.807, 2.05) is 32.0 Å². The summed E-state index contributed by atoms with van der Waals surface area (Å²) in [5, 5.41) is 0. The second-order valence-corrected chi connectivity index (χ2v) is 3.85. The Bertz CT molecular complexity index is 509. The van der Waals surface area contributed by atoms with Gasteiger partial charge in [0.05, 0.1) is 18.1 Å². The lowest BCUT2D eigenvalue weighted by atomic mass is 10.1. The Morgan fingerprint density at radius 3 is 2.65 bits per heavy atom. The van der Waals surface area contributed by atoms with Crippen molar-refractivity contribution >= 4 is 0 Å². The van der Waals surface area contributed by atoms with Gasteiger partial charge in [0.15, 0.2) is 0 Å². The summed E-state index contributed by atoms with van der Waals surface area (Å²) < 4.78 is 5.68. The number of rotatable bonds is 3. The number of benzene rings is 1. The highest BCUT2D eigenvalue weighted by Crippen LogP contribution is 2.24. The van der Waals surface area contributed by atoms with Crippen molar-refractivity contribution < 1.29 is 4.74 Å². The average Bonchev–Trinajstić information content (AvgIpc) is 2.36. The van der Waals surface area contributed by atoms with E-state index in [-0.39, 0.29) is 0 Å². The Morgan fingerprint density at radius 2 is 2.00 bits per heavy atom. The molecule has 0 amide bonds. The van der Waals surface area contributed by atoms with Crippen LogP contribution in [0.3, 0.4) is 0 Å². The monoisotopic (exact) mass is 229 g/mol. The van der Waals surface area contributed by atoms with Crippen LogP contribution in [0.5, 0.6) is 11.6 Å². The minimum atomic E-state index is 0.386. The van der Waals surface area contributed by atoms with Crippen molar-refractivity contribution in [2.75, 3.05) is 0 Å². The molecule has 0 saturated heterocycles. The van der Waals surface area contributed by atoms with Gasteiger partial charge < -0.3 is 10.5 Å². The van der Waals surface area contributed by atoms with E-state index in [0.29, 0.717) is 12.4 Å². The van der Waals surface area contributed by atoms with Crippen LogP contribution >= 0.6 is 0 Å². The molecule has 0 aliphatic carbocycles. The van der Waals surface area contributed by atoms with E-state index >= 15 is 0 Å². The Labute approximate surface area is 100 Å². The van der Waals surface area contributed by atoms with E-state index in [1.165, 1.54) is 5.56 Å². The molecule has 0 unspecified atom stereocenters. The number of hydrogen-bond donors (Lipinski definition) is 1. The first-order valence-corrected chi connectivity index (χ1v) is 5.46. The minimum Gasteiger partial charge on any atom is -0.437 e. The fourth-order valence-electron chi connectivity index (χ4n) is 1.45. The van der Waals surface area contributed by atoms with Crippen molar-refractivity contribution in [2.24, 2.45) is 5.73 Å². The molecule has 4 heteroatoms. The minimum absolute atomic E-state index is 0.386. The third-order valence-electron chi connectivity index (χ3n) is 2.66. The highest BCUT2D eigenvalue weighted by Gasteiger charge is 2.04. The topological polar surface area (TPSA) is 61.0 Å². The first kappa shape index (κ1) is 11.5. The van der Waals surface area contributed by atoms with Crippen LogP contribution in [-0.4, -0.2) is 9.97 Å². The fourth-order valence-corrected chi connectivity index (χ4v) is 1.45. The summed E-state index contributed by atoms with van der Waals surface area (Å²) >= 11 is 0. The Kier molecular flexibility index (Phi) is 3.35. The summed E-state index contributed by atoms with van der Waals surface area (Å²) in [6.07, 6.45) is 3.21. The van der Waals surface area contributed by atoms with Gasteiger partial charge in [-0.2, -0.15) is 0 Å². The molecule has 0 aliphatic rings. The number of nitrogens with two attached hydrogens (primary N) is 1. The van der Waals surface area contributed by atoms with Crippen LogP contribution in [-0.2, 0) is 6.54 Å². The molecule has 4 nitrogen and oxygen atoms in total. The van der Waals surface area contributed by atoms with Crippen LogP contribution in [0, 0.1) is 13.8 Å². The Morgan fingerprint density at radius 1 is 1.18 bits per heavy atom. The Hall–Kier alpha value is -1.94. The second-order valence-electron chi connectivity index (χ2n) is 3.85. The maximum atomic E-state index is 5.68. The third-order valence-corrected chi connectivity index (χ3v) is 2.66. The van der Waals surface area contributed by atoms with Crippen LogP contribution in [0.4, 0.5) is 0 Å². The highest BCUT2D eigenvalue weighted by atomic mass is 16.5. The molecule has 2 N–H and O–H groups in total. The molecule has 17 heavy (non-hydrogen) atoms. The van der Waals surface area contributed by atoms with E-state index in [0.717, 1.165) is 17.0 Å². The maximum Gasteiger partial charge on any atom is 0.237 e. The van der Waals surface area contributed by atoms with Crippen molar-refractivity contribution in [3.8, 4) is 11.6 Å². The zero-order valence-corrected chi connectivity index (χ0v) is 9.97. The number of hydrogen-bond acceptors (Lipinski definition) is 4. The van der Waals surface area contributed by atoms with E-state index < -0.39 is 0 Å². The standard InChI is InChI=1S/C13H15N3O/c1-9-4-3-5-12(10(9)2)17-13-8-15-11(6-14)7-16-13/h3-5,7-8H,6,14H2,1-2H3. The molecule has 1 heterocycles. The SMILES string of the molecule is Cc1cccc(Oc2cnc(CN)cn2)c1C. The predicted octanol–water partition coefficient (Wildman–Crippen LogP) is 2.34. The summed E-state index contributed by atoms with van der Waals surface area (Å²) in [6, 6.07) is 5.92. The highest BCUT2D eigenvalue weighted by molar-refractivity contribution is 5.39. The lowest BCUT2D eigenvalue weighted by Gasteiger charge is -2.09. The Balaban J connectivity index is 2.22. The molecule has 0 fully saturated rings. The largest absolute Gasteiger partial charge is 0.437 e. The summed E-state index contributed by atoms with van der Waals surface area (Å²) in [4.78, 5) is 8.28. The van der Waals surface area contributed by atoms with Gasteiger partial charge in [0, 0.05) is 6.54 Å². The summed E-state index contributed by atoms with van der Waals surface area (Å²) in [7, 11) is 0. The molecule has 2 aromatic rings. The summed E-state index contributed by atoms with van der Waals surface area (Å²) in [6.45, 7) is 4.45. The number of nitrogens with zero attached hydrogens (tertiary/aromatic N) is 2. The van der Waals surface area contributed by atoms with E-state index in [4.69, 9.17) is 10.5 Å². The molecule has 0 spiro atoms. The van der Waals surface area contributed by atoms with Gasteiger partial charge in [0.25, 0.3) is 0 Å². The molecule has 88 valence electrons. The van der Waals surface area contributed by atoms with Crippen molar-refractivity contribution in [3.05, 3.63) is 47.4 Å². The zero-order chi connectivity index (χ0) is 12.3. The number of aryl methyl sites for hydroxylation is 1. The number of aromatic nitrogens is 2. The zero-order valence-electron chi connectivity index (χ0n) is 9.97. The lowest BCUT2D eigenvalue weighted by Crippen LogP contribution is -2.00. The smallest absolute Gasteiger partial charge is 0.237 e. The van der Waals surface area contributed by atoms with Gasteiger partial charge in [-0.25, -0.2) is 4.98 Å². The normalized spacial score (nSPS) is 10.3. The molecule has 0 atom stereocenters. The molecular weight excluding hydrogens is 214 g/mol. The molecule has 2 rings (SSSR count). The van der Waals surface area contributed by atoms with Gasteiger partial charge >= 0.3 is 0 Å². The van der Waals surface area contributed by atoms with Crippen LogP contribution < -0.4 is 10.5 Å². The quantitative estimate of drug-likeness (QED) is 0.877. The molecule has 0 aliphatic heterocycles. The van der Waals surface area contributed by atoms with Crippen molar-refractivity contribution in [2.45, 2.75) is 20.4 Å². The van der Waals surface area contributed by atoms with Gasteiger partial charge in [0.2, 0.25) is 5.88 Å². The van der Waals surface area contributed by atoms with Crippen LogP contribution in [0.15, 0.2) is 30.6 Å². The van der Waals surface area contributed by atoms with Crippen LogP contribution in [0.25, 0.3) is 0 Å². The third kappa shape index (κ3) is 2.60. The molecular formula is C13H15N3O. The summed E-state index contributed by atoms with van der Waals surface area (Å²) in [5.41, 5.74) is 8.50. The van der Waals surface area contributed by atoms with E-state index in [2.05, 4.69) is 9.97 Å². The van der Waals surface area contributed by atoms with Gasteiger partial charge in [-0.3, -0.25) is 4.98 Å². The summed E-state index contributed by atoms with van der Waals surface area (Å²) in [5.74, 6) is 1.29. The molecule has 1 aromatic heterocycles. The van der Waals surface area contributed by atoms with Crippen molar-refractivity contribution in [1.29, 1.82) is 0 Å². The van der Waals surface area contributed by atoms with Gasteiger partial charge in [0.1, 0.15) is 5.75 Å². The van der Waals surface area contributed by atoms with Crippen LogP contribution in [0.2, 0.25) is 0 Å². The van der Waals surface area contributed by atoms with Gasteiger partial charge in [-0.1, -0.05) is 12.1 Å². The molecule has 0 radical (unpaired) electrons. The lowest BCUT2D eigenvalue weighted by molar-refractivity contribution is 0.455. The average molecular weight is 229 g/mol. The fraction of sp³-hybridized carbons (Fsp3) is 0.231. The molecule has 0 saturated carbocycles. The van der Waals surface area contributed by atoms with Gasteiger partial charge in [-0.15, -0.1) is 0 Å².